The lowest BCUT2D eigenvalue weighted by Crippen LogP contribution is -2.47. The third-order valence-corrected chi connectivity index (χ3v) is 6.61. The van der Waals surface area contributed by atoms with Crippen LogP contribution in [0.25, 0.3) is 0 Å². The van der Waals surface area contributed by atoms with Gasteiger partial charge in [0.2, 0.25) is 5.91 Å². The minimum Gasteiger partial charge on any atom is -0.369 e. The van der Waals surface area contributed by atoms with Gasteiger partial charge in [-0.05, 0) is 69.2 Å². The molecule has 2 aliphatic rings. The molecule has 1 N–H and O–H groups in total. The summed E-state index contributed by atoms with van der Waals surface area (Å²) in [7, 11) is 0. The van der Waals surface area contributed by atoms with Crippen LogP contribution in [0.2, 0.25) is 5.02 Å². The SMILES string of the molecule is Cc1ccc(N2CCN(CC[C@H]3CC[C@H](NC(=O)CC#N)CC3)CC2)cc1Cl. The van der Waals surface area contributed by atoms with Crippen LogP contribution in [0.15, 0.2) is 18.2 Å². The lowest BCUT2D eigenvalue weighted by atomic mass is 9.84. The first-order chi connectivity index (χ1) is 13.5. The molecule has 0 aromatic heterocycles. The van der Waals surface area contributed by atoms with E-state index in [1.807, 2.05) is 13.0 Å². The Balaban J connectivity index is 1.34. The second kappa shape index (κ2) is 10.1. The van der Waals surface area contributed by atoms with Crippen LogP contribution < -0.4 is 10.2 Å². The molecular formula is C22H31ClN4O. The average Bonchev–Trinajstić information content (AvgIpc) is 2.70. The molecule has 1 saturated heterocycles. The van der Waals surface area contributed by atoms with Gasteiger partial charge < -0.3 is 10.2 Å². The van der Waals surface area contributed by atoms with Gasteiger partial charge in [-0.15, -0.1) is 0 Å². The van der Waals surface area contributed by atoms with E-state index >= 15 is 0 Å². The number of rotatable bonds is 6. The lowest BCUT2D eigenvalue weighted by Gasteiger charge is -2.37. The van der Waals surface area contributed by atoms with Crippen molar-refractivity contribution in [2.75, 3.05) is 37.6 Å². The number of nitrogens with one attached hydrogen (secondary N) is 1. The molecule has 0 spiro atoms. The number of hydrogen-bond donors (Lipinski definition) is 1. The van der Waals surface area contributed by atoms with Gasteiger partial charge in [0, 0.05) is 42.9 Å². The van der Waals surface area contributed by atoms with E-state index in [9.17, 15) is 4.79 Å². The highest BCUT2D eigenvalue weighted by Crippen LogP contribution is 2.28. The number of amides is 1. The Hall–Kier alpha value is -1.77. The number of piperazine rings is 1. The van der Waals surface area contributed by atoms with Crippen molar-refractivity contribution in [3.05, 3.63) is 28.8 Å². The Morgan fingerprint density at radius 1 is 1.21 bits per heavy atom. The van der Waals surface area contributed by atoms with Crippen LogP contribution in [0.5, 0.6) is 0 Å². The van der Waals surface area contributed by atoms with Gasteiger partial charge in [0.1, 0.15) is 6.42 Å². The van der Waals surface area contributed by atoms with Crippen molar-refractivity contribution >= 4 is 23.2 Å². The predicted octanol–water partition coefficient (Wildman–Crippen LogP) is 3.75. The van der Waals surface area contributed by atoms with E-state index in [2.05, 4.69) is 33.3 Å². The standard InChI is InChI=1S/C22H31ClN4O/c1-17-2-7-20(16-21(17)23)27-14-12-26(13-15-27)11-9-18-3-5-19(6-4-18)25-22(28)8-10-24/h2,7,16,18-19H,3-6,8-9,11-15H2,1H3,(H,25,28)/t18-,19-. The van der Waals surface area contributed by atoms with E-state index in [0.717, 1.165) is 55.5 Å². The summed E-state index contributed by atoms with van der Waals surface area (Å²) in [4.78, 5) is 16.5. The number of nitrogens with zero attached hydrogens (tertiary/aromatic N) is 3. The number of halogens is 1. The van der Waals surface area contributed by atoms with Crippen molar-refractivity contribution in [1.82, 2.24) is 10.2 Å². The maximum absolute atomic E-state index is 11.5. The Morgan fingerprint density at radius 3 is 2.57 bits per heavy atom. The summed E-state index contributed by atoms with van der Waals surface area (Å²) in [6, 6.07) is 8.53. The van der Waals surface area contributed by atoms with Crippen LogP contribution in [0, 0.1) is 24.2 Å². The Morgan fingerprint density at radius 2 is 1.93 bits per heavy atom. The topological polar surface area (TPSA) is 59.4 Å². The molecule has 152 valence electrons. The van der Waals surface area contributed by atoms with Crippen LogP contribution in [-0.2, 0) is 4.79 Å². The van der Waals surface area contributed by atoms with Gasteiger partial charge in [-0.1, -0.05) is 17.7 Å². The van der Waals surface area contributed by atoms with Crippen LogP contribution in [0.1, 0.15) is 44.1 Å². The highest BCUT2D eigenvalue weighted by molar-refractivity contribution is 6.31. The quantitative estimate of drug-likeness (QED) is 0.787. The van der Waals surface area contributed by atoms with Crippen LogP contribution in [0.4, 0.5) is 5.69 Å². The molecule has 1 amide bonds. The van der Waals surface area contributed by atoms with E-state index in [-0.39, 0.29) is 18.4 Å². The first kappa shape index (κ1) is 21.0. The maximum atomic E-state index is 11.5. The van der Waals surface area contributed by atoms with Crippen molar-refractivity contribution in [2.24, 2.45) is 5.92 Å². The van der Waals surface area contributed by atoms with Gasteiger partial charge in [-0.2, -0.15) is 5.26 Å². The summed E-state index contributed by atoms with van der Waals surface area (Å²) >= 11 is 6.28. The third kappa shape index (κ3) is 5.86. The van der Waals surface area contributed by atoms with Crippen LogP contribution in [0.3, 0.4) is 0 Å². The van der Waals surface area contributed by atoms with Crippen LogP contribution in [-0.4, -0.2) is 49.6 Å². The number of benzene rings is 1. The largest absolute Gasteiger partial charge is 0.369 e. The molecule has 28 heavy (non-hydrogen) atoms. The maximum Gasteiger partial charge on any atom is 0.234 e. The van der Waals surface area contributed by atoms with Crippen LogP contribution >= 0.6 is 11.6 Å². The molecule has 1 saturated carbocycles. The summed E-state index contributed by atoms with van der Waals surface area (Å²) in [5.74, 6) is 0.636. The molecule has 1 aliphatic heterocycles. The van der Waals surface area contributed by atoms with Gasteiger partial charge in [0.05, 0.1) is 6.07 Å². The molecule has 1 aromatic carbocycles. The smallest absolute Gasteiger partial charge is 0.234 e. The monoisotopic (exact) mass is 402 g/mol. The van der Waals surface area contributed by atoms with E-state index in [1.54, 1.807) is 0 Å². The third-order valence-electron chi connectivity index (χ3n) is 6.20. The van der Waals surface area contributed by atoms with Crippen molar-refractivity contribution in [2.45, 2.75) is 51.5 Å². The zero-order valence-corrected chi connectivity index (χ0v) is 17.5. The average molecular weight is 403 g/mol. The number of nitriles is 1. The molecule has 1 heterocycles. The van der Waals surface area contributed by atoms with Gasteiger partial charge in [0.15, 0.2) is 0 Å². The highest BCUT2D eigenvalue weighted by atomic mass is 35.5. The van der Waals surface area contributed by atoms with Crippen molar-refractivity contribution in [3.8, 4) is 6.07 Å². The summed E-state index contributed by atoms with van der Waals surface area (Å²) in [6.45, 7) is 7.51. The molecule has 1 aromatic rings. The van der Waals surface area contributed by atoms with Crippen molar-refractivity contribution < 1.29 is 4.79 Å². The summed E-state index contributed by atoms with van der Waals surface area (Å²) < 4.78 is 0. The molecule has 2 fully saturated rings. The van der Waals surface area contributed by atoms with Gasteiger partial charge in [-0.25, -0.2) is 0 Å². The number of aryl methyl sites for hydroxylation is 1. The first-order valence-corrected chi connectivity index (χ1v) is 10.8. The molecule has 3 rings (SSSR count). The molecule has 5 nitrogen and oxygen atoms in total. The van der Waals surface area contributed by atoms with E-state index in [0.29, 0.717) is 0 Å². The predicted molar refractivity (Wildman–Crippen MR) is 114 cm³/mol. The lowest BCUT2D eigenvalue weighted by molar-refractivity contribution is -0.121. The molecule has 6 heteroatoms. The van der Waals surface area contributed by atoms with E-state index in [4.69, 9.17) is 16.9 Å². The molecule has 0 unspecified atom stereocenters. The van der Waals surface area contributed by atoms with Crippen molar-refractivity contribution in [1.29, 1.82) is 5.26 Å². The number of anilines is 1. The number of carbonyl (C=O) groups is 1. The number of carbonyl (C=O) groups excluding carboxylic acids is 1. The fourth-order valence-electron chi connectivity index (χ4n) is 4.32. The first-order valence-electron chi connectivity index (χ1n) is 10.4. The van der Waals surface area contributed by atoms with Gasteiger partial charge in [0.25, 0.3) is 0 Å². The molecule has 0 bridgehead atoms. The highest BCUT2D eigenvalue weighted by Gasteiger charge is 2.24. The molecule has 0 atom stereocenters. The Bertz CT molecular complexity index is 701. The second-order valence-electron chi connectivity index (χ2n) is 8.17. The fraction of sp³-hybridized carbons (Fsp3) is 0.636. The molecular weight excluding hydrogens is 372 g/mol. The summed E-state index contributed by atoms with van der Waals surface area (Å²) in [5, 5.41) is 12.4. The zero-order chi connectivity index (χ0) is 19.9. The minimum atomic E-state index is -0.126. The van der Waals surface area contributed by atoms with Gasteiger partial charge in [-0.3, -0.25) is 9.69 Å². The molecule has 1 aliphatic carbocycles. The van der Waals surface area contributed by atoms with Crippen molar-refractivity contribution in [3.63, 3.8) is 0 Å². The molecule has 0 radical (unpaired) electrons. The number of hydrogen-bond acceptors (Lipinski definition) is 4. The summed E-state index contributed by atoms with van der Waals surface area (Å²) in [5.41, 5.74) is 2.36. The van der Waals surface area contributed by atoms with Gasteiger partial charge >= 0.3 is 0 Å². The zero-order valence-electron chi connectivity index (χ0n) is 16.8. The fourth-order valence-corrected chi connectivity index (χ4v) is 4.49. The summed E-state index contributed by atoms with van der Waals surface area (Å²) in [6.07, 6.45) is 5.67. The minimum absolute atomic E-state index is 0.0271. The Labute approximate surface area is 173 Å². The van der Waals surface area contributed by atoms with E-state index in [1.165, 1.54) is 31.5 Å². The van der Waals surface area contributed by atoms with E-state index < -0.39 is 0 Å². The second-order valence-corrected chi connectivity index (χ2v) is 8.58. The Kier molecular flexibility index (Phi) is 7.58. The normalized spacial score (nSPS) is 23.2.